The van der Waals surface area contributed by atoms with Gasteiger partial charge in [0.05, 0.1) is 6.42 Å². The van der Waals surface area contributed by atoms with Crippen LogP contribution in [0.1, 0.15) is 22.9 Å². The van der Waals surface area contributed by atoms with Gasteiger partial charge in [0.1, 0.15) is 23.1 Å². The summed E-state index contributed by atoms with van der Waals surface area (Å²) < 4.78 is 23.2. The van der Waals surface area contributed by atoms with Crippen molar-refractivity contribution in [3.05, 3.63) is 53.0 Å². The van der Waals surface area contributed by atoms with Gasteiger partial charge in [-0.2, -0.15) is 10.2 Å². The third kappa shape index (κ3) is 2.51. The number of hydrogen-bond acceptors (Lipinski definition) is 6. The van der Waals surface area contributed by atoms with Gasteiger partial charge in [0.15, 0.2) is 5.76 Å². The molecule has 0 atom stereocenters. The molecule has 21 heavy (non-hydrogen) atoms. The second-order valence-electron chi connectivity index (χ2n) is 4.37. The molecule has 0 amide bonds. The first-order chi connectivity index (χ1) is 10.2. The molecule has 3 aromatic rings. The normalized spacial score (nSPS) is 10.5. The molecule has 0 radical (unpaired) electrons. The third-order valence-corrected chi connectivity index (χ3v) is 2.91. The molecule has 0 spiro atoms. The largest absolute Gasteiger partial charge is 0.360 e. The summed E-state index contributed by atoms with van der Waals surface area (Å²) in [6.07, 6.45) is 0.183. The van der Waals surface area contributed by atoms with Crippen molar-refractivity contribution in [3.63, 3.8) is 0 Å². The van der Waals surface area contributed by atoms with Crippen molar-refractivity contribution in [1.82, 2.24) is 15.3 Å². The van der Waals surface area contributed by atoms with Crippen molar-refractivity contribution < 1.29 is 13.4 Å². The van der Waals surface area contributed by atoms with Crippen LogP contribution in [-0.4, -0.2) is 15.3 Å². The summed E-state index contributed by atoms with van der Waals surface area (Å²) in [7, 11) is 0. The van der Waals surface area contributed by atoms with Crippen molar-refractivity contribution in [2.45, 2.75) is 13.3 Å². The zero-order chi connectivity index (χ0) is 14.8. The highest BCUT2D eigenvalue weighted by atomic mass is 19.1. The Hall–Kier alpha value is -3.01. The zero-order valence-corrected chi connectivity index (χ0v) is 11.0. The Bertz CT molecular complexity index is 832. The van der Waals surface area contributed by atoms with E-state index < -0.39 is 0 Å². The highest BCUT2D eigenvalue weighted by Crippen LogP contribution is 2.19. The van der Waals surface area contributed by atoms with Crippen LogP contribution in [0.5, 0.6) is 0 Å². The molecule has 0 aliphatic rings. The molecule has 0 fully saturated rings. The van der Waals surface area contributed by atoms with Gasteiger partial charge >= 0.3 is 0 Å². The summed E-state index contributed by atoms with van der Waals surface area (Å²) in [4.78, 5) is 4.17. The van der Waals surface area contributed by atoms with E-state index in [2.05, 4.69) is 15.3 Å². The first kappa shape index (κ1) is 13.0. The maximum Gasteiger partial charge on any atom is 0.233 e. The number of nitriles is 1. The van der Waals surface area contributed by atoms with Crippen LogP contribution in [0.25, 0.3) is 11.4 Å². The lowest BCUT2D eigenvalue weighted by atomic mass is 10.1. The number of halogens is 1. The molecule has 0 N–H and O–H groups in total. The van der Waals surface area contributed by atoms with E-state index >= 15 is 0 Å². The third-order valence-electron chi connectivity index (χ3n) is 2.91. The molecule has 2 aromatic heterocycles. The van der Waals surface area contributed by atoms with Gasteiger partial charge < -0.3 is 9.05 Å². The SMILES string of the molecule is Cc1onc(Cc2nc(-c3cccc(F)c3)no2)c1C#N. The van der Waals surface area contributed by atoms with E-state index in [1.165, 1.54) is 12.1 Å². The van der Waals surface area contributed by atoms with Gasteiger partial charge in [-0.1, -0.05) is 22.4 Å². The van der Waals surface area contributed by atoms with E-state index in [0.29, 0.717) is 22.6 Å². The molecule has 0 saturated heterocycles. The summed E-state index contributed by atoms with van der Waals surface area (Å²) in [6.45, 7) is 1.65. The van der Waals surface area contributed by atoms with Crippen LogP contribution >= 0.6 is 0 Å². The summed E-state index contributed by atoms with van der Waals surface area (Å²) >= 11 is 0. The standard InChI is InChI=1S/C14H9FN4O2/c1-8-11(7-16)12(18-20-8)6-13-17-14(19-21-13)9-3-2-4-10(15)5-9/h2-5H,6H2,1H3. The second-order valence-corrected chi connectivity index (χ2v) is 4.37. The Morgan fingerprint density at radius 2 is 2.14 bits per heavy atom. The monoisotopic (exact) mass is 284 g/mol. The van der Waals surface area contributed by atoms with E-state index in [1.54, 1.807) is 19.1 Å². The lowest BCUT2D eigenvalue weighted by Crippen LogP contribution is -1.92. The van der Waals surface area contributed by atoms with Crippen molar-refractivity contribution in [1.29, 1.82) is 5.26 Å². The number of benzene rings is 1. The number of rotatable bonds is 3. The van der Waals surface area contributed by atoms with Crippen LogP contribution in [-0.2, 0) is 6.42 Å². The van der Waals surface area contributed by atoms with E-state index in [1.807, 2.05) is 6.07 Å². The lowest BCUT2D eigenvalue weighted by Gasteiger charge is -1.93. The van der Waals surface area contributed by atoms with E-state index in [4.69, 9.17) is 14.3 Å². The minimum absolute atomic E-state index is 0.183. The minimum atomic E-state index is -0.377. The molecule has 7 heteroatoms. The summed E-state index contributed by atoms with van der Waals surface area (Å²) in [5, 5.41) is 16.6. The highest BCUT2D eigenvalue weighted by Gasteiger charge is 2.17. The Morgan fingerprint density at radius 3 is 2.90 bits per heavy atom. The second kappa shape index (κ2) is 5.17. The topological polar surface area (TPSA) is 88.7 Å². The maximum absolute atomic E-state index is 13.2. The van der Waals surface area contributed by atoms with Crippen LogP contribution in [0, 0.1) is 24.1 Å². The van der Waals surface area contributed by atoms with Gasteiger partial charge in [0.25, 0.3) is 0 Å². The Balaban J connectivity index is 1.87. The van der Waals surface area contributed by atoms with Gasteiger partial charge in [0.2, 0.25) is 11.7 Å². The Morgan fingerprint density at radius 1 is 1.29 bits per heavy atom. The summed E-state index contributed by atoms with van der Waals surface area (Å²) in [6, 6.07) is 7.91. The van der Waals surface area contributed by atoms with Crippen molar-refractivity contribution in [2.75, 3.05) is 0 Å². The molecule has 1 aromatic carbocycles. The average Bonchev–Trinajstić information content (AvgIpc) is 3.07. The van der Waals surface area contributed by atoms with Gasteiger partial charge in [-0.05, 0) is 19.1 Å². The number of aryl methyl sites for hydroxylation is 1. The fourth-order valence-corrected chi connectivity index (χ4v) is 1.90. The maximum atomic E-state index is 13.2. The predicted molar refractivity (Wildman–Crippen MR) is 68.5 cm³/mol. The quantitative estimate of drug-likeness (QED) is 0.734. The van der Waals surface area contributed by atoms with E-state index in [-0.39, 0.29) is 24.0 Å². The van der Waals surface area contributed by atoms with Gasteiger partial charge in [-0.15, -0.1) is 0 Å². The minimum Gasteiger partial charge on any atom is -0.360 e. The molecule has 2 heterocycles. The molecular weight excluding hydrogens is 275 g/mol. The average molecular weight is 284 g/mol. The number of aromatic nitrogens is 3. The van der Waals surface area contributed by atoms with Crippen molar-refractivity contribution in [2.24, 2.45) is 0 Å². The molecule has 6 nitrogen and oxygen atoms in total. The molecule has 3 rings (SSSR count). The first-order valence-electron chi connectivity index (χ1n) is 6.11. The van der Waals surface area contributed by atoms with Crippen LogP contribution in [0.15, 0.2) is 33.3 Å². The van der Waals surface area contributed by atoms with Crippen LogP contribution in [0.4, 0.5) is 4.39 Å². The van der Waals surface area contributed by atoms with E-state index in [0.717, 1.165) is 0 Å². The molecular formula is C14H9FN4O2. The number of hydrogen-bond donors (Lipinski definition) is 0. The van der Waals surface area contributed by atoms with Gasteiger partial charge in [0, 0.05) is 5.56 Å². The fraction of sp³-hybridized carbons (Fsp3) is 0.143. The van der Waals surface area contributed by atoms with Crippen molar-refractivity contribution in [3.8, 4) is 17.5 Å². The molecule has 104 valence electrons. The number of nitrogens with zero attached hydrogens (tertiary/aromatic N) is 4. The van der Waals surface area contributed by atoms with E-state index in [9.17, 15) is 4.39 Å². The summed E-state index contributed by atoms with van der Waals surface area (Å²) in [5.74, 6) is 0.623. The van der Waals surface area contributed by atoms with Crippen molar-refractivity contribution >= 4 is 0 Å². The smallest absolute Gasteiger partial charge is 0.233 e. The predicted octanol–water partition coefficient (Wildman–Crippen LogP) is 2.63. The zero-order valence-electron chi connectivity index (χ0n) is 11.0. The van der Waals surface area contributed by atoms with Crippen LogP contribution in [0.2, 0.25) is 0 Å². The Kier molecular flexibility index (Phi) is 3.20. The van der Waals surface area contributed by atoms with Gasteiger partial charge in [-0.3, -0.25) is 0 Å². The van der Waals surface area contributed by atoms with Crippen LogP contribution in [0.3, 0.4) is 0 Å². The highest BCUT2D eigenvalue weighted by molar-refractivity contribution is 5.54. The fourth-order valence-electron chi connectivity index (χ4n) is 1.90. The van der Waals surface area contributed by atoms with Gasteiger partial charge in [-0.25, -0.2) is 4.39 Å². The molecule has 0 saturated carbocycles. The molecule has 0 aliphatic carbocycles. The summed E-state index contributed by atoms with van der Waals surface area (Å²) in [5.41, 5.74) is 1.31. The van der Waals surface area contributed by atoms with Crippen LogP contribution < -0.4 is 0 Å². The molecule has 0 aliphatic heterocycles. The first-order valence-corrected chi connectivity index (χ1v) is 6.11. The molecule has 0 unspecified atom stereocenters. The molecule has 0 bridgehead atoms. The lowest BCUT2D eigenvalue weighted by molar-refractivity contribution is 0.371. The Labute approximate surface area is 118 Å².